The third kappa shape index (κ3) is 3.60. The normalized spacial score (nSPS) is 11.1. The predicted molar refractivity (Wildman–Crippen MR) is 123 cm³/mol. The van der Waals surface area contributed by atoms with Crippen molar-refractivity contribution in [3.8, 4) is 28.7 Å². The minimum Gasteiger partial charge on any atom is -0.497 e. The molecule has 5 heterocycles. The highest BCUT2D eigenvalue weighted by Gasteiger charge is 2.26. The van der Waals surface area contributed by atoms with Crippen molar-refractivity contribution in [2.75, 3.05) is 19.5 Å². The first-order chi connectivity index (χ1) is 16.5. The smallest absolute Gasteiger partial charge is 0.340 e. The molecule has 12 nitrogen and oxygen atoms in total. The molecule has 0 bridgehead atoms. The molecule has 0 aliphatic rings. The van der Waals surface area contributed by atoms with E-state index in [2.05, 4.69) is 25.5 Å². The Kier molecular flexibility index (Phi) is 5.17. The number of nitrogens with one attached hydrogen (secondary N) is 1. The van der Waals surface area contributed by atoms with Gasteiger partial charge in [0.15, 0.2) is 11.6 Å². The van der Waals surface area contributed by atoms with Gasteiger partial charge >= 0.3 is 5.97 Å². The van der Waals surface area contributed by atoms with Crippen molar-refractivity contribution in [2.45, 2.75) is 0 Å². The van der Waals surface area contributed by atoms with Crippen molar-refractivity contribution in [3.05, 3.63) is 54.7 Å². The van der Waals surface area contributed by atoms with E-state index in [0.717, 1.165) is 0 Å². The molecule has 1 N–H and O–H groups in total. The van der Waals surface area contributed by atoms with Crippen LogP contribution in [0.1, 0.15) is 10.4 Å². The lowest BCUT2D eigenvalue weighted by molar-refractivity contribution is 0.0604. The number of pyridine rings is 1. The number of carbonyl (C=O) groups excluding carboxylic acids is 1. The van der Waals surface area contributed by atoms with E-state index in [1.54, 1.807) is 71.0 Å². The molecule has 0 amide bonds. The van der Waals surface area contributed by atoms with Gasteiger partial charge in [-0.15, -0.1) is 5.10 Å². The lowest BCUT2D eigenvalue weighted by atomic mass is 10.1. The molecule has 5 aromatic heterocycles. The number of aromatic nitrogens is 8. The van der Waals surface area contributed by atoms with Gasteiger partial charge in [0, 0.05) is 56.7 Å². The summed E-state index contributed by atoms with van der Waals surface area (Å²) in [4.78, 5) is 26.4. The van der Waals surface area contributed by atoms with Gasteiger partial charge in [0.05, 0.1) is 19.9 Å². The second kappa shape index (κ2) is 8.31. The first-order valence-corrected chi connectivity index (χ1v) is 10.2. The summed E-state index contributed by atoms with van der Waals surface area (Å²) in [6, 6.07) is 5.26. The van der Waals surface area contributed by atoms with Crippen LogP contribution in [-0.4, -0.2) is 59.1 Å². The number of rotatable bonds is 6. The highest BCUT2D eigenvalue weighted by atomic mass is 16.5. The molecular formula is C22H21N9O3. The molecule has 0 unspecified atom stereocenters. The van der Waals surface area contributed by atoms with Gasteiger partial charge < -0.3 is 19.4 Å². The van der Waals surface area contributed by atoms with Gasteiger partial charge in [0.25, 0.3) is 0 Å². The number of hydrogen-bond donors (Lipinski definition) is 1. The fraction of sp³-hybridized carbons (Fsp3) is 0.182. The quantitative estimate of drug-likeness (QED) is 0.381. The van der Waals surface area contributed by atoms with Crippen LogP contribution < -0.4 is 10.1 Å². The summed E-state index contributed by atoms with van der Waals surface area (Å²) in [5.74, 6) is 1.79. The highest BCUT2D eigenvalue weighted by Crippen LogP contribution is 2.33. The molecule has 0 radical (unpaired) electrons. The molecule has 0 spiro atoms. The van der Waals surface area contributed by atoms with E-state index >= 15 is 0 Å². The summed E-state index contributed by atoms with van der Waals surface area (Å²) in [5.41, 5.74) is 1.84. The third-order valence-corrected chi connectivity index (χ3v) is 5.24. The molecule has 5 aromatic rings. The van der Waals surface area contributed by atoms with Crippen LogP contribution in [0.3, 0.4) is 0 Å². The van der Waals surface area contributed by atoms with Crippen LogP contribution in [0.15, 0.2) is 49.2 Å². The van der Waals surface area contributed by atoms with Crippen molar-refractivity contribution in [2.24, 2.45) is 14.1 Å². The van der Waals surface area contributed by atoms with Gasteiger partial charge in [-0.3, -0.25) is 4.68 Å². The second-order valence-electron chi connectivity index (χ2n) is 7.43. The molecule has 12 heteroatoms. The Morgan fingerprint density at radius 1 is 1.06 bits per heavy atom. The lowest BCUT2D eigenvalue weighted by Gasteiger charge is -2.11. The SMILES string of the molecule is COC(=O)c1c(-c2ccn(C)n2)cn2nc(-c3nccn3C)nc(Nc3cc(OC)ccn3)c12. The second-order valence-corrected chi connectivity index (χ2v) is 7.43. The Bertz CT molecular complexity index is 1520. The number of aryl methyl sites for hydroxylation is 2. The zero-order chi connectivity index (χ0) is 23.8. The number of anilines is 2. The lowest BCUT2D eigenvalue weighted by Crippen LogP contribution is -2.09. The van der Waals surface area contributed by atoms with Crippen LogP contribution in [0.4, 0.5) is 11.6 Å². The Labute approximate surface area is 193 Å². The van der Waals surface area contributed by atoms with E-state index in [1.807, 2.05) is 13.1 Å². The van der Waals surface area contributed by atoms with Crippen LogP contribution in [0.2, 0.25) is 0 Å². The summed E-state index contributed by atoms with van der Waals surface area (Å²) in [7, 11) is 6.55. The summed E-state index contributed by atoms with van der Waals surface area (Å²) < 4.78 is 15.5. The average molecular weight is 459 g/mol. The number of methoxy groups -OCH3 is 2. The molecule has 0 atom stereocenters. The summed E-state index contributed by atoms with van der Waals surface area (Å²) >= 11 is 0. The molecule has 0 aromatic carbocycles. The monoisotopic (exact) mass is 459 g/mol. The van der Waals surface area contributed by atoms with Crippen molar-refractivity contribution >= 4 is 23.1 Å². The van der Waals surface area contributed by atoms with Crippen molar-refractivity contribution in [1.82, 2.24) is 38.9 Å². The van der Waals surface area contributed by atoms with Crippen LogP contribution in [0, 0.1) is 0 Å². The summed E-state index contributed by atoms with van der Waals surface area (Å²) in [6.07, 6.45) is 8.59. The fourth-order valence-corrected chi connectivity index (χ4v) is 3.63. The van der Waals surface area contributed by atoms with Gasteiger partial charge in [-0.05, 0) is 12.1 Å². The Morgan fingerprint density at radius 3 is 2.59 bits per heavy atom. The van der Waals surface area contributed by atoms with Gasteiger partial charge in [0.1, 0.15) is 22.6 Å². The molecule has 0 saturated carbocycles. The number of nitrogens with zero attached hydrogens (tertiary/aromatic N) is 8. The summed E-state index contributed by atoms with van der Waals surface area (Å²) in [6.45, 7) is 0. The Morgan fingerprint density at radius 2 is 1.91 bits per heavy atom. The van der Waals surface area contributed by atoms with Gasteiger partial charge in [-0.1, -0.05) is 0 Å². The number of esters is 1. The Balaban J connectivity index is 1.79. The van der Waals surface area contributed by atoms with E-state index in [1.165, 1.54) is 7.11 Å². The van der Waals surface area contributed by atoms with Crippen molar-refractivity contribution in [3.63, 3.8) is 0 Å². The predicted octanol–water partition coefficient (Wildman–Crippen LogP) is 2.46. The maximum atomic E-state index is 13.0. The topological polar surface area (TPSA) is 126 Å². The zero-order valence-corrected chi connectivity index (χ0v) is 18.9. The molecule has 0 fully saturated rings. The number of fused-ring (bicyclic) bond motifs is 1. The minimum atomic E-state index is -0.543. The van der Waals surface area contributed by atoms with Gasteiger partial charge in [0.2, 0.25) is 5.82 Å². The van der Waals surface area contributed by atoms with Gasteiger partial charge in [-0.2, -0.15) is 5.10 Å². The van der Waals surface area contributed by atoms with E-state index in [9.17, 15) is 4.79 Å². The Hall–Kier alpha value is -4.74. The number of carbonyl (C=O) groups is 1. The number of ether oxygens (including phenoxy) is 2. The van der Waals surface area contributed by atoms with Crippen LogP contribution in [0.5, 0.6) is 5.75 Å². The largest absolute Gasteiger partial charge is 0.497 e. The first-order valence-electron chi connectivity index (χ1n) is 10.2. The van der Waals surface area contributed by atoms with Crippen LogP contribution >= 0.6 is 0 Å². The van der Waals surface area contributed by atoms with E-state index < -0.39 is 5.97 Å². The summed E-state index contributed by atoms with van der Waals surface area (Å²) in [5, 5.41) is 12.3. The van der Waals surface area contributed by atoms with E-state index in [4.69, 9.17) is 14.5 Å². The maximum Gasteiger partial charge on any atom is 0.340 e. The molecule has 0 saturated heterocycles. The van der Waals surface area contributed by atoms with Crippen LogP contribution in [0.25, 0.3) is 28.4 Å². The van der Waals surface area contributed by atoms with E-state index in [-0.39, 0.29) is 5.56 Å². The van der Waals surface area contributed by atoms with Gasteiger partial charge in [-0.25, -0.2) is 24.3 Å². The van der Waals surface area contributed by atoms with E-state index in [0.29, 0.717) is 45.8 Å². The fourth-order valence-electron chi connectivity index (χ4n) is 3.63. The zero-order valence-electron chi connectivity index (χ0n) is 18.9. The molecule has 5 rings (SSSR count). The highest BCUT2D eigenvalue weighted by molar-refractivity contribution is 6.07. The van der Waals surface area contributed by atoms with Crippen LogP contribution in [-0.2, 0) is 18.8 Å². The molecule has 0 aliphatic heterocycles. The molecule has 172 valence electrons. The first kappa shape index (κ1) is 21.1. The minimum absolute atomic E-state index is 0.276. The molecule has 0 aliphatic carbocycles. The van der Waals surface area contributed by atoms with Crippen molar-refractivity contribution in [1.29, 1.82) is 0 Å². The van der Waals surface area contributed by atoms with Crippen molar-refractivity contribution < 1.29 is 14.3 Å². The maximum absolute atomic E-state index is 13.0. The third-order valence-electron chi connectivity index (χ3n) is 5.24. The molecular weight excluding hydrogens is 438 g/mol. The molecule has 34 heavy (non-hydrogen) atoms. The number of imidazole rings is 1. The number of hydrogen-bond acceptors (Lipinski definition) is 9. The average Bonchev–Trinajstić information content (AvgIpc) is 3.56. The standard InChI is InChI=1S/C22H21N9O3/c1-29-10-8-24-21(29)20-26-19(25-16-11-13(33-3)5-7-23-16)18-17(22(32)34-4)14(12-31(18)28-20)15-6-9-30(2)27-15/h5-12H,1-4H3,(H,23,25,26,28).